The van der Waals surface area contributed by atoms with E-state index in [9.17, 15) is 4.79 Å². The van der Waals surface area contributed by atoms with Gasteiger partial charge in [-0.05, 0) is 36.5 Å². The predicted octanol–water partition coefficient (Wildman–Crippen LogP) is 2.71. The number of carbonyl (C=O) groups is 1. The lowest BCUT2D eigenvalue weighted by atomic mass is 9.66. The summed E-state index contributed by atoms with van der Waals surface area (Å²) in [7, 11) is 1.80. The SMILES string of the molecule is Cc1c(NC(=O)NC[C@]2(C)CC[C@H](C)C2(C)C)nnn1C. The summed E-state index contributed by atoms with van der Waals surface area (Å²) < 4.78 is 1.64. The van der Waals surface area contributed by atoms with Gasteiger partial charge >= 0.3 is 6.03 Å². The number of anilines is 1. The highest BCUT2D eigenvalue weighted by molar-refractivity contribution is 5.88. The summed E-state index contributed by atoms with van der Waals surface area (Å²) in [5.41, 5.74) is 1.19. The van der Waals surface area contributed by atoms with Gasteiger partial charge in [-0.3, -0.25) is 10.00 Å². The normalized spacial score (nSPS) is 27.6. The van der Waals surface area contributed by atoms with Crippen LogP contribution < -0.4 is 10.6 Å². The zero-order valence-electron chi connectivity index (χ0n) is 13.9. The van der Waals surface area contributed by atoms with Crippen LogP contribution >= 0.6 is 0 Å². The molecule has 118 valence electrons. The first-order chi connectivity index (χ1) is 9.67. The molecule has 0 aromatic carbocycles. The molecule has 0 saturated heterocycles. The van der Waals surface area contributed by atoms with Crippen molar-refractivity contribution >= 4 is 11.8 Å². The minimum Gasteiger partial charge on any atom is -0.337 e. The van der Waals surface area contributed by atoms with Gasteiger partial charge in [0.05, 0.1) is 5.69 Å². The van der Waals surface area contributed by atoms with Crippen LogP contribution in [0.4, 0.5) is 10.6 Å². The number of urea groups is 1. The Bertz CT molecular complexity index is 536. The maximum Gasteiger partial charge on any atom is 0.320 e. The third-order valence-corrected chi connectivity index (χ3v) is 5.89. The van der Waals surface area contributed by atoms with Crippen molar-refractivity contribution < 1.29 is 4.79 Å². The molecule has 2 amide bonds. The van der Waals surface area contributed by atoms with E-state index in [0.717, 1.165) is 12.1 Å². The highest BCUT2D eigenvalue weighted by Gasteiger charge is 2.49. The van der Waals surface area contributed by atoms with E-state index in [0.29, 0.717) is 18.3 Å². The van der Waals surface area contributed by atoms with Crippen LogP contribution in [0.1, 0.15) is 46.2 Å². The summed E-state index contributed by atoms with van der Waals surface area (Å²) in [5.74, 6) is 1.19. The molecule has 1 fully saturated rings. The summed E-state index contributed by atoms with van der Waals surface area (Å²) in [6.45, 7) is 11.7. The van der Waals surface area contributed by atoms with Gasteiger partial charge in [-0.25, -0.2) is 4.79 Å². The van der Waals surface area contributed by atoms with Crippen molar-refractivity contribution in [3.05, 3.63) is 5.69 Å². The molecule has 2 N–H and O–H groups in total. The van der Waals surface area contributed by atoms with Crippen molar-refractivity contribution in [2.75, 3.05) is 11.9 Å². The topological polar surface area (TPSA) is 71.8 Å². The van der Waals surface area contributed by atoms with Crippen LogP contribution in [0.25, 0.3) is 0 Å². The number of nitrogens with one attached hydrogen (secondary N) is 2. The van der Waals surface area contributed by atoms with Gasteiger partial charge in [0, 0.05) is 13.6 Å². The van der Waals surface area contributed by atoms with Crippen LogP contribution in [-0.2, 0) is 7.05 Å². The highest BCUT2D eigenvalue weighted by Crippen LogP contribution is 2.55. The largest absolute Gasteiger partial charge is 0.337 e. The first kappa shape index (κ1) is 15.8. The Kier molecular flexibility index (Phi) is 4.00. The van der Waals surface area contributed by atoms with Gasteiger partial charge in [0.25, 0.3) is 0 Å². The van der Waals surface area contributed by atoms with Crippen molar-refractivity contribution in [2.45, 2.75) is 47.5 Å². The molecule has 2 atom stereocenters. The van der Waals surface area contributed by atoms with Crippen molar-refractivity contribution in [1.82, 2.24) is 20.3 Å². The molecule has 21 heavy (non-hydrogen) atoms. The zero-order valence-corrected chi connectivity index (χ0v) is 13.9. The minimum atomic E-state index is -0.213. The predicted molar refractivity (Wildman–Crippen MR) is 83.0 cm³/mol. The summed E-state index contributed by atoms with van der Waals surface area (Å²) in [4.78, 5) is 12.1. The molecule has 1 heterocycles. The second kappa shape index (κ2) is 5.31. The maximum absolute atomic E-state index is 12.1. The molecule has 1 saturated carbocycles. The van der Waals surface area contributed by atoms with E-state index in [-0.39, 0.29) is 16.9 Å². The second-order valence-electron chi connectivity index (χ2n) is 7.18. The summed E-state index contributed by atoms with van der Waals surface area (Å²) >= 11 is 0. The molecule has 0 bridgehead atoms. The Morgan fingerprint density at radius 2 is 2.10 bits per heavy atom. The summed E-state index contributed by atoms with van der Waals surface area (Å²) in [6.07, 6.45) is 2.36. The van der Waals surface area contributed by atoms with Gasteiger partial charge in [-0.1, -0.05) is 32.9 Å². The number of nitrogens with zero attached hydrogens (tertiary/aromatic N) is 3. The molecule has 2 rings (SSSR count). The minimum absolute atomic E-state index is 0.126. The van der Waals surface area contributed by atoms with Crippen molar-refractivity contribution in [3.8, 4) is 0 Å². The van der Waals surface area contributed by atoms with E-state index in [2.05, 4.69) is 48.6 Å². The number of hydrogen-bond donors (Lipinski definition) is 2. The van der Waals surface area contributed by atoms with E-state index in [1.807, 2.05) is 6.92 Å². The third kappa shape index (κ3) is 2.76. The Morgan fingerprint density at radius 3 is 2.57 bits per heavy atom. The Balaban J connectivity index is 1.94. The maximum atomic E-state index is 12.1. The molecule has 1 aromatic rings. The molecular formula is C15H27N5O. The van der Waals surface area contributed by atoms with Crippen LogP contribution in [0, 0.1) is 23.7 Å². The second-order valence-corrected chi connectivity index (χ2v) is 7.18. The van der Waals surface area contributed by atoms with Crippen LogP contribution in [-0.4, -0.2) is 27.6 Å². The number of amides is 2. The number of aryl methyl sites for hydroxylation is 1. The Labute approximate surface area is 126 Å². The van der Waals surface area contributed by atoms with E-state index in [1.165, 1.54) is 6.42 Å². The summed E-state index contributed by atoms with van der Waals surface area (Å²) in [6, 6.07) is -0.213. The Hall–Kier alpha value is -1.59. The van der Waals surface area contributed by atoms with E-state index >= 15 is 0 Å². The van der Waals surface area contributed by atoms with Crippen LogP contribution in [0.3, 0.4) is 0 Å². The van der Waals surface area contributed by atoms with Crippen LogP contribution in [0.2, 0.25) is 0 Å². The highest BCUT2D eigenvalue weighted by atomic mass is 16.2. The van der Waals surface area contributed by atoms with Crippen molar-refractivity contribution in [3.63, 3.8) is 0 Å². The van der Waals surface area contributed by atoms with Crippen LogP contribution in [0.5, 0.6) is 0 Å². The van der Waals surface area contributed by atoms with Gasteiger partial charge < -0.3 is 5.32 Å². The monoisotopic (exact) mass is 293 g/mol. The van der Waals surface area contributed by atoms with Gasteiger partial charge in [-0.15, -0.1) is 5.10 Å². The van der Waals surface area contributed by atoms with Gasteiger partial charge in [0.2, 0.25) is 0 Å². The number of hydrogen-bond acceptors (Lipinski definition) is 3. The van der Waals surface area contributed by atoms with Gasteiger partial charge in [-0.2, -0.15) is 0 Å². The van der Waals surface area contributed by atoms with Crippen molar-refractivity contribution in [1.29, 1.82) is 0 Å². The number of rotatable bonds is 3. The number of carbonyl (C=O) groups excluding carboxylic acids is 1. The lowest BCUT2D eigenvalue weighted by molar-refractivity contribution is 0.0972. The standard InChI is InChI=1S/C15H27N5O/c1-10-7-8-15(5,14(10,3)4)9-16-13(21)17-12-11(2)20(6)19-18-12/h10H,7-9H2,1-6H3,(H2,16,17,21)/t10-,15-/m0/s1. The fourth-order valence-corrected chi connectivity index (χ4v) is 3.08. The van der Waals surface area contributed by atoms with E-state index < -0.39 is 0 Å². The molecule has 1 aliphatic rings. The molecular weight excluding hydrogens is 266 g/mol. The smallest absolute Gasteiger partial charge is 0.320 e. The quantitative estimate of drug-likeness (QED) is 0.900. The first-order valence-electron chi connectivity index (χ1n) is 7.58. The average Bonchev–Trinajstić information content (AvgIpc) is 2.83. The van der Waals surface area contributed by atoms with E-state index in [1.54, 1.807) is 11.7 Å². The first-order valence-corrected chi connectivity index (χ1v) is 7.58. The average molecular weight is 293 g/mol. The van der Waals surface area contributed by atoms with Gasteiger partial charge in [0.15, 0.2) is 5.82 Å². The molecule has 1 aromatic heterocycles. The molecule has 1 aliphatic carbocycles. The molecule has 6 nitrogen and oxygen atoms in total. The zero-order chi connectivity index (χ0) is 15.8. The number of aromatic nitrogens is 3. The van der Waals surface area contributed by atoms with E-state index in [4.69, 9.17) is 0 Å². The third-order valence-electron chi connectivity index (χ3n) is 5.89. The molecule has 6 heteroatoms. The lowest BCUT2D eigenvalue weighted by Crippen LogP contribution is -2.44. The summed E-state index contributed by atoms with van der Waals surface area (Å²) in [5, 5.41) is 13.6. The van der Waals surface area contributed by atoms with Gasteiger partial charge in [0.1, 0.15) is 0 Å². The molecule has 0 unspecified atom stereocenters. The fourth-order valence-electron chi connectivity index (χ4n) is 3.08. The molecule has 0 aliphatic heterocycles. The molecule has 0 radical (unpaired) electrons. The lowest BCUT2D eigenvalue weighted by Gasteiger charge is -2.41. The van der Waals surface area contributed by atoms with Crippen molar-refractivity contribution in [2.24, 2.45) is 23.8 Å². The molecule has 0 spiro atoms. The van der Waals surface area contributed by atoms with Crippen LogP contribution in [0.15, 0.2) is 0 Å². The fraction of sp³-hybridized carbons (Fsp3) is 0.800. The Morgan fingerprint density at radius 1 is 1.43 bits per heavy atom.